The van der Waals surface area contributed by atoms with Crippen LogP contribution in [0.2, 0.25) is 0 Å². The Bertz CT molecular complexity index is 889. The average molecular weight is 332 g/mol. The van der Waals surface area contributed by atoms with E-state index < -0.39 is 0 Å². The van der Waals surface area contributed by atoms with Gasteiger partial charge in [0.25, 0.3) is 5.91 Å². The van der Waals surface area contributed by atoms with E-state index in [2.05, 4.69) is 4.98 Å². The Morgan fingerprint density at radius 1 is 1.04 bits per heavy atom. The molecule has 4 rings (SSSR count). The number of aromatic nitrogens is 1. The Morgan fingerprint density at radius 3 is 2.64 bits per heavy atom. The minimum Gasteiger partial charge on any atom is -0.367 e. The molecule has 126 valence electrons. The molecule has 1 aliphatic rings. The molecule has 0 saturated carbocycles. The first kappa shape index (κ1) is 15.8. The first-order valence-corrected chi connectivity index (χ1v) is 8.56. The fourth-order valence-electron chi connectivity index (χ4n) is 3.41. The second-order valence-electron chi connectivity index (χ2n) is 6.44. The number of carbonyl (C=O) groups is 1. The number of benzene rings is 2. The second kappa shape index (κ2) is 6.65. The first-order chi connectivity index (χ1) is 12.2. The molecule has 4 nitrogen and oxygen atoms in total. The van der Waals surface area contributed by atoms with Crippen molar-refractivity contribution >= 4 is 16.7 Å². The average Bonchev–Trinajstić information content (AvgIpc) is 2.67. The van der Waals surface area contributed by atoms with Gasteiger partial charge in [-0.05, 0) is 23.9 Å². The van der Waals surface area contributed by atoms with Crippen molar-refractivity contribution in [3.05, 3.63) is 78.1 Å². The largest absolute Gasteiger partial charge is 0.367 e. The van der Waals surface area contributed by atoms with Gasteiger partial charge >= 0.3 is 0 Å². The van der Waals surface area contributed by atoms with Crippen molar-refractivity contribution < 1.29 is 9.53 Å². The molecule has 2 unspecified atom stereocenters. The molecule has 2 heterocycles. The van der Waals surface area contributed by atoms with E-state index in [0.29, 0.717) is 18.8 Å². The number of pyridine rings is 1. The number of amides is 1. The molecular formula is C21H20N2O2. The number of hydrogen-bond acceptors (Lipinski definition) is 3. The third kappa shape index (κ3) is 3.13. The lowest BCUT2D eigenvalue weighted by Gasteiger charge is -2.37. The minimum absolute atomic E-state index is 0.0158. The summed E-state index contributed by atoms with van der Waals surface area (Å²) in [5, 5.41) is 1.92. The molecule has 2 atom stereocenters. The van der Waals surface area contributed by atoms with Gasteiger partial charge in [0.2, 0.25) is 0 Å². The molecule has 2 aromatic carbocycles. The molecular weight excluding hydrogens is 312 g/mol. The Morgan fingerprint density at radius 2 is 1.80 bits per heavy atom. The van der Waals surface area contributed by atoms with Gasteiger partial charge in [-0.3, -0.25) is 9.78 Å². The number of nitrogens with zero attached hydrogens (tertiary/aromatic N) is 2. The van der Waals surface area contributed by atoms with Gasteiger partial charge in [0.05, 0.1) is 12.6 Å². The number of carbonyl (C=O) groups excluding carboxylic acids is 1. The van der Waals surface area contributed by atoms with Crippen LogP contribution >= 0.6 is 0 Å². The van der Waals surface area contributed by atoms with E-state index in [0.717, 1.165) is 16.3 Å². The van der Waals surface area contributed by atoms with Gasteiger partial charge in [-0.15, -0.1) is 0 Å². The van der Waals surface area contributed by atoms with Crippen LogP contribution in [0.25, 0.3) is 10.8 Å². The highest BCUT2D eigenvalue weighted by Gasteiger charge is 2.30. The Hall–Kier alpha value is -2.72. The first-order valence-electron chi connectivity index (χ1n) is 8.56. The maximum absolute atomic E-state index is 13.1. The third-order valence-electron chi connectivity index (χ3n) is 4.60. The van der Waals surface area contributed by atoms with Crippen LogP contribution in [0.1, 0.15) is 29.1 Å². The van der Waals surface area contributed by atoms with Crippen molar-refractivity contribution in [2.45, 2.75) is 19.1 Å². The zero-order valence-corrected chi connectivity index (χ0v) is 14.1. The predicted octanol–water partition coefficient (Wildman–Crippen LogP) is 3.84. The lowest BCUT2D eigenvalue weighted by Crippen LogP contribution is -2.46. The molecule has 1 aliphatic heterocycles. The summed E-state index contributed by atoms with van der Waals surface area (Å²) < 4.78 is 6.06. The highest BCUT2D eigenvalue weighted by Crippen LogP contribution is 2.27. The maximum Gasteiger partial charge on any atom is 0.273 e. The molecule has 0 radical (unpaired) electrons. The quantitative estimate of drug-likeness (QED) is 0.716. The highest BCUT2D eigenvalue weighted by molar-refractivity contribution is 6.05. The van der Waals surface area contributed by atoms with Crippen LogP contribution in [0.4, 0.5) is 0 Å². The van der Waals surface area contributed by atoms with Gasteiger partial charge in [-0.25, -0.2) is 0 Å². The van der Waals surface area contributed by atoms with Crippen molar-refractivity contribution in [1.82, 2.24) is 9.88 Å². The molecule has 1 saturated heterocycles. The number of hydrogen-bond donors (Lipinski definition) is 0. The van der Waals surface area contributed by atoms with Crippen LogP contribution in [0, 0.1) is 0 Å². The van der Waals surface area contributed by atoms with Crippen molar-refractivity contribution in [1.29, 1.82) is 0 Å². The second-order valence-corrected chi connectivity index (χ2v) is 6.44. The number of ether oxygens (including phenoxy) is 1. The van der Waals surface area contributed by atoms with Crippen LogP contribution in [0.5, 0.6) is 0 Å². The standard InChI is InChI=1S/C21H20N2O2/c1-15-13-23(14-19(25-15)17-8-3-2-4-9-17)21(24)20-18-10-6-5-7-16(18)11-12-22-20/h2-12,15,19H,13-14H2,1H3. The van der Waals surface area contributed by atoms with Gasteiger partial charge in [0.1, 0.15) is 11.8 Å². The van der Waals surface area contributed by atoms with E-state index in [-0.39, 0.29) is 18.1 Å². The molecule has 0 N–H and O–H groups in total. The van der Waals surface area contributed by atoms with Crippen molar-refractivity contribution in [2.24, 2.45) is 0 Å². The van der Waals surface area contributed by atoms with Crippen LogP contribution in [0.15, 0.2) is 66.9 Å². The van der Waals surface area contributed by atoms with Crippen LogP contribution < -0.4 is 0 Å². The van der Waals surface area contributed by atoms with Gasteiger partial charge in [0.15, 0.2) is 0 Å². The molecule has 0 aliphatic carbocycles. The summed E-state index contributed by atoms with van der Waals surface area (Å²) in [5.74, 6) is -0.0344. The summed E-state index contributed by atoms with van der Waals surface area (Å²) >= 11 is 0. The summed E-state index contributed by atoms with van der Waals surface area (Å²) in [5.41, 5.74) is 1.61. The lowest BCUT2D eigenvalue weighted by atomic mass is 10.1. The van der Waals surface area contributed by atoms with Gasteiger partial charge < -0.3 is 9.64 Å². The van der Waals surface area contributed by atoms with Crippen LogP contribution in [-0.2, 0) is 4.74 Å². The van der Waals surface area contributed by atoms with Gasteiger partial charge in [-0.2, -0.15) is 0 Å². The van der Waals surface area contributed by atoms with E-state index >= 15 is 0 Å². The summed E-state index contributed by atoms with van der Waals surface area (Å²) in [6.45, 7) is 3.12. The zero-order chi connectivity index (χ0) is 17.2. The monoisotopic (exact) mass is 332 g/mol. The minimum atomic E-state index is -0.108. The normalized spacial score (nSPS) is 20.6. The molecule has 3 aromatic rings. The van der Waals surface area contributed by atoms with Crippen LogP contribution in [0.3, 0.4) is 0 Å². The van der Waals surface area contributed by atoms with Crippen molar-refractivity contribution in [2.75, 3.05) is 13.1 Å². The summed E-state index contributed by atoms with van der Waals surface area (Å²) in [4.78, 5) is 19.4. The van der Waals surface area contributed by atoms with Gasteiger partial charge in [0, 0.05) is 18.1 Å². The smallest absolute Gasteiger partial charge is 0.273 e. The van der Waals surface area contributed by atoms with E-state index in [1.54, 1.807) is 6.20 Å². The lowest BCUT2D eigenvalue weighted by molar-refractivity contribution is -0.0692. The molecule has 4 heteroatoms. The Labute approximate surface area is 147 Å². The van der Waals surface area contributed by atoms with E-state index in [9.17, 15) is 4.79 Å². The van der Waals surface area contributed by atoms with Crippen LogP contribution in [-0.4, -0.2) is 35.0 Å². The van der Waals surface area contributed by atoms with E-state index in [1.165, 1.54) is 0 Å². The Kier molecular flexibility index (Phi) is 4.20. The molecule has 1 aromatic heterocycles. The molecule has 1 amide bonds. The maximum atomic E-state index is 13.1. The van der Waals surface area contributed by atoms with E-state index in [4.69, 9.17) is 4.74 Å². The predicted molar refractivity (Wildman–Crippen MR) is 97.4 cm³/mol. The molecule has 0 bridgehead atoms. The third-order valence-corrected chi connectivity index (χ3v) is 4.60. The SMILES string of the molecule is CC1CN(C(=O)c2nccc3ccccc23)CC(c2ccccc2)O1. The summed E-state index contributed by atoms with van der Waals surface area (Å²) in [6, 6.07) is 19.9. The molecule has 25 heavy (non-hydrogen) atoms. The highest BCUT2D eigenvalue weighted by atomic mass is 16.5. The topological polar surface area (TPSA) is 42.4 Å². The van der Waals surface area contributed by atoms with E-state index in [1.807, 2.05) is 72.5 Å². The molecule has 0 spiro atoms. The number of rotatable bonds is 2. The summed E-state index contributed by atoms with van der Waals surface area (Å²) in [6.07, 6.45) is 1.58. The fourth-order valence-corrected chi connectivity index (χ4v) is 3.41. The Balaban J connectivity index is 1.65. The number of morpholine rings is 1. The number of fused-ring (bicyclic) bond motifs is 1. The fraction of sp³-hybridized carbons (Fsp3) is 0.238. The summed E-state index contributed by atoms with van der Waals surface area (Å²) in [7, 11) is 0. The van der Waals surface area contributed by atoms with Gasteiger partial charge in [-0.1, -0.05) is 54.6 Å². The van der Waals surface area contributed by atoms with Crippen molar-refractivity contribution in [3.8, 4) is 0 Å². The van der Waals surface area contributed by atoms with Crippen molar-refractivity contribution in [3.63, 3.8) is 0 Å². The molecule has 1 fully saturated rings. The zero-order valence-electron chi connectivity index (χ0n) is 14.1.